The molecule has 1 unspecified atom stereocenters. The Morgan fingerprint density at radius 3 is 2.88 bits per heavy atom. The minimum atomic E-state index is 0.0537. The Bertz CT molecular complexity index is 990. The van der Waals surface area contributed by atoms with Crippen molar-refractivity contribution in [2.75, 3.05) is 19.7 Å². The summed E-state index contributed by atoms with van der Waals surface area (Å²) < 4.78 is 11.2. The lowest BCUT2D eigenvalue weighted by molar-refractivity contribution is 0.0668. The summed E-state index contributed by atoms with van der Waals surface area (Å²) in [5.74, 6) is 2.15. The number of unbranched alkanes of at least 4 members (excludes halogenated alkanes) is 2. The second-order valence-corrected chi connectivity index (χ2v) is 8.15. The average Bonchev–Trinajstić information content (AvgIpc) is 3.31. The van der Waals surface area contributed by atoms with Crippen LogP contribution in [0.4, 0.5) is 0 Å². The van der Waals surface area contributed by atoms with Crippen LogP contribution < -0.4 is 4.74 Å². The number of carbonyl (C=O) groups is 1. The fourth-order valence-electron chi connectivity index (χ4n) is 3.94. The molecule has 0 bridgehead atoms. The molecule has 1 saturated heterocycles. The van der Waals surface area contributed by atoms with E-state index >= 15 is 0 Å². The van der Waals surface area contributed by atoms with Crippen LogP contribution in [0.2, 0.25) is 0 Å². The first kappa shape index (κ1) is 21.9. The van der Waals surface area contributed by atoms with Gasteiger partial charge in [0.25, 0.3) is 5.91 Å². The van der Waals surface area contributed by atoms with Gasteiger partial charge in [0.15, 0.2) is 0 Å². The first-order chi connectivity index (χ1) is 15.7. The van der Waals surface area contributed by atoms with Crippen molar-refractivity contribution in [3.63, 3.8) is 0 Å². The van der Waals surface area contributed by atoms with Crippen molar-refractivity contribution in [2.24, 2.45) is 5.92 Å². The van der Waals surface area contributed by atoms with Crippen LogP contribution in [-0.4, -0.2) is 50.6 Å². The molecule has 8 nitrogen and oxygen atoms in total. The van der Waals surface area contributed by atoms with Gasteiger partial charge in [0.05, 0.1) is 12.8 Å². The summed E-state index contributed by atoms with van der Waals surface area (Å²) >= 11 is 0. The van der Waals surface area contributed by atoms with E-state index in [1.807, 2.05) is 29.2 Å². The minimum absolute atomic E-state index is 0.0537. The first-order valence-electron chi connectivity index (χ1n) is 11.3. The Morgan fingerprint density at radius 2 is 2.09 bits per heavy atom. The Hall–Kier alpha value is -3.29. The maximum absolute atomic E-state index is 13.0. The van der Waals surface area contributed by atoms with Gasteiger partial charge in [-0.2, -0.15) is 4.98 Å². The second-order valence-electron chi connectivity index (χ2n) is 8.15. The summed E-state index contributed by atoms with van der Waals surface area (Å²) in [7, 11) is 0. The van der Waals surface area contributed by atoms with Gasteiger partial charge >= 0.3 is 0 Å². The number of piperidine rings is 1. The average molecular weight is 436 g/mol. The molecule has 1 aromatic carbocycles. The van der Waals surface area contributed by atoms with Gasteiger partial charge in [0.1, 0.15) is 11.4 Å². The van der Waals surface area contributed by atoms with Gasteiger partial charge in [0, 0.05) is 37.5 Å². The van der Waals surface area contributed by atoms with Crippen molar-refractivity contribution in [3.05, 3.63) is 54.3 Å². The topological polar surface area (TPSA) is 94.2 Å². The third-order valence-electron chi connectivity index (χ3n) is 5.65. The Balaban J connectivity index is 1.31. The maximum Gasteiger partial charge on any atom is 0.253 e. The molecule has 0 aliphatic carbocycles. The molecule has 0 radical (unpaired) electrons. The number of rotatable bonds is 9. The number of carbonyl (C=O) groups excluding carboxylic acids is 1. The van der Waals surface area contributed by atoms with Crippen LogP contribution in [-0.2, 0) is 6.42 Å². The molecule has 1 fully saturated rings. The lowest BCUT2D eigenvalue weighted by Crippen LogP contribution is -2.40. The molecule has 1 atom stereocenters. The van der Waals surface area contributed by atoms with E-state index in [9.17, 15) is 4.79 Å². The quantitative estimate of drug-likeness (QED) is 0.465. The number of aromatic nitrogens is 4. The number of likely N-dealkylation sites (tertiary alicyclic amines) is 1. The molecule has 32 heavy (non-hydrogen) atoms. The molecule has 0 saturated carbocycles. The fourth-order valence-corrected chi connectivity index (χ4v) is 3.94. The van der Waals surface area contributed by atoms with Crippen LogP contribution >= 0.6 is 0 Å². The Kier molecular flexibility index (Phi) is 7.42. The highest BCUT2D eigenvalue weighted by Gasteiger charge is 2.26. The molecule has 0 N–H and O–H groups in total. The predicted octanol–water partition coefficient (Wildman–Crippen LogP) is 4.19. The summed E-state index contributed by atoms with van der Waals surface area (Å²) in [6, 6.07) is 7.47. The predicted molar refractivity (Wildman–Crippen MR) is 119 cm³/mol. The number of nitrogens with zero attached hydrogens (tertiary/aromatic N) is 5. The molecule has 3 aromatic rings. The standard InChI is InChI=1S/C24H29N5O3/c1-2-3-4-14-31-20-9-7-19(8-10-20)24(30)29-13-5-6-18(17-29)15-22-27-23(28-32-22)21-16-25-11-12-26-21/h7-12,16,18H,2-6,13-15,17H2,1H3. The maximum atomic E-state index is 13.0. The molecule has 1 aliphatic heterocycles. The number of ether oxygens (including phenoxy) is 1. The number of amides is 1. The number of hydrogen-bond acceptors (Lipinski definition) is 7. The zero-order valence-electron chi connectivity index (χ0n) is 18.4. The van der Waals surface area contributed by atoms with Crippen LogP contribution in [0.5, 0.6) is 5.75 Å². The third kappa shape index (κ3) is 5.69. The largest absolute Gasteiger partial charge is 0.494 e. The number of benzene rings is 1. The van der Waals surface area contributed by atoms with E-state index in [0.29, 0.717) is 42.5 Å². The molecule has 1 amide bonds. The summed E-state index contributed by atoms with van der Waals surface area (Å²) in [6.45, 7) is 4.32. The molecule has 0 spiro atoms. The van der Waals surface area contributed by atoms with E-state index in [0.717, 1.165) is 38.0 Å². The van der Waals surface area contributed by atoms with Gasteiger partial charge in [-0.05, 0) is 49.4 Å². The molecule has 168 valence electrons. The van der Waals surface area contributed by atoms with E-state index in [1.54, 1.807) is 18.6 Å². The summed E-state index contributed by atoms with van der Waals surface area (Å²) in [5, 5.41) is 4.01. The molecule has 3 heterocycles. The minimum Gasteiger partial charge on any atom is -0.494 e. The molecular weight excluding hydrogens is 406 g/mol. The van der Waals surface area contributed by atoms with Crippen LogP contribution in [0, 0.1) is 5.92 Å². The van der Waals surface area contributed by atoms with Crippen molar-refractivity contribution >= 4 is 5.91 Å². The highest BCUT2D eigenvalue weighted by Crippen LogP contribution is 2.23. The summed E-state index contributed by atoms with van der Waals surface area (Å²) in [5.41, 5.74) is 1.27. The first-order valence-corrected chi connectivity index (χ1v) is 11.3. The van der Waals surface area contributed by atoms with Crippen LogP contribution in [0.3, 0.4) is 0 Å². The van der Waals surface area contributed by atoms with E-state index < -0.39 is 0 Å². The van der Waals surface area contributed by atoms with Crippen molar-refractivity contribution < 1.29 is 14.1 Å². The smallest absolute Gasteiger partial charge is 0.253 e. The highest BCUT2D eigenvalue weighted by molar-refractivity contribution is 5.94. The molecule has 8 heteroatoms. The van der Waals surface area contributed by atoms with E-state index in [1.165, 1.54) is 6.42 Å². The van der Waals surface area contributed by atoms with Gasteiger partial charge in [-0.25, -0.2) is 4.98 Å². The van der Waals surface area contributed by atoms with E-state index in [2.05, 4.69) is 27.0 Å². The van der Waals surface area contributed by atoms with Crippen molar-refractivity contribution in [1.82, 2.24) is 25.0 Å². The zero-order valence-corrected chi connectivity index (χ0v) is 18.4. The van der Waals surface area contributed by atoms with Gasteiger partial charge in [-0.3, -0.25) is 9.78 Å². The summed E-state index contributed by atoms with van der Waals surface area (Å²) in [4.78, 5) is 27.6. The van der Waals surface area contributed by atoms with Crippen molar-refractivity contribution in [1.29, 1.82) is 0 Å². The van der Waals surface area contributed by atoms with Crippen molar-refractivity contribution in [3.8, 4) is 17.3 Å². The molecule has 2 aromatic heterocycles. The monoisotopic (exact) mass is 435 g/mol. The van der Waals surface area contributed by atoms with E-state index in [-0.39, 0.29) is 11.8 Å². The second kappa shape index (κ2) is 10.8. The zero-order chi connectivity index (χ0) is 22.2. The molecule has 4 rings (SSSR count). The lowest BCUT2D eigenvalue weighted by atomic mass is 9.94. The highest BCUT2D eigenvalue weighted by atomic mass is 16.5. The lowest BCUT2D eigenvalue weighted by Gasteiger charge is -2.32. The van der Waals surface area contributed by atoms with Gasteiger partial charge in [-0.1, -0.05) is 24.9 Å². The third-order valence-corrected chi connectivity index (χ3v) is 5.65. The van der Waals surface area contributed by atoms with Gasteiger partial charge in [0.2, 0.25) is 11.7 Å². The number of hydrogen-bond donors (Lipinski definition) is 0. The van der Waals surface area contributed by atoms with Gasteiger partial charge < -0.3 is 14.2 Å². The van der Waals surface area contributed by atoms with Crippen LogP contribution in [0.15, 0.2) is 47.4 Å². The van der Waals surface area contributed by atoms with Crippen LogP contribution in [0.1, 0.15) is 55.3 Å². The van der Waals surface area contributed by atoms with Crippen LogP contribution in [0.25, 0.3) is 11.5 Å². The summed E-state index contributed by atoms with van der Waals surface area (Å²) in [6.07, 6.45) is 10.8. The van der Waals surface area contributed by atoms with Crippen molar-refractivity contribution in [2.45, 2.75) is 45.4 Å². The fraction of sp³-hybridized carbons (Fsp3) is 0.458. The molecular formula is C24H29N5O3. The molecule has 1 aliphatic rings. The SMILES string of the molecule is CCCCCOc1ccc(C(=O)N2CCCC(Cc3nc(-c4cnccn4)no3)C2)cc1. The van der Waals surface area contributed by atoms with E-state index in [4.69, 9.17) is 9.26 Å². The van der Waals surface area contributed by atoms with Gasteiger partial charge in [-0.15, -0.1) is 0 Å². The Labute approximate surface area is 188 Å². The Morgan fingerprint density at radius 1 is 1.22 bits per heavy atom. The normalized spacial score (nSPS) is 16.2.